The van der Waals surface area contributed by atoms with Gasteiger partial charge in [0.25, 0.3) is 5.91 Å². The zero-order valence-corrected chi connectivity index (χ0v) is 16.5. The molecule has 0 N–H and O–H groups in total. The Labute approximate surface area is 170 Å². The summed E-state index contributed by atoms with van der Waals surface area (Å²) < 4.78 is 10.7. The summed E-state index contributed by atoms with van der Waals surface area (Å²) in [6.07, 6.45) is 3.30. The molecule has 0 unspecified atom stereocenters. The number of aromatic nitrogens is 1. The van der Waals surface area contributed by atoms with Crippen LogP contribution in [0.2, 0.25) is 0 Å². The maximum atomic E-state index is 13.0. The van der Waals surface area contributed by atoms with Crippen LogP contribution in [0.25, 0.3) is 0 Å². The third-order valence-electron chi connectivity index (χ3n) is 5.53. The Bertz CT molecular complexity index is 873. The molecule has 2 bridgehead atoms. The molecular weight excluding hydrogens is 370 g/mol. The van der Waals surface area contributed by atoms with Crippen LogP contribution in [0, 0.1) is 5.92 Å². The Balaban J connectivity index is 1.52. The van der Waals surface area contributed by atoms with Crippen molar-refractivity contribution in [3.8, 4) is 0 Å². The molecule has 0 radical (unpaired) electrons. The van der Waals surface area contributed by atoms with Crippen molar-refractivity contribution in [3.63, 3.8) is 0 Å². The lowest BCUT2D eigenvalue weighted by Gasteiger charge is -2.31. The molecular formula is C22H25N3O4. The number of fused-ring (bicyclic) bond motifs is 3. The van der Waals surface area contributed by atoms with E-state index >= 15 is 0 Å². The number of amides is 1. The molecule has 7 nitrogen and oxygen atoms in total. The molecule has 0 aliphatic carbocycles. The van der Waals surface area contributed by atoms with Gasteiger partial charge < -0.3 is 14.4 Å². The minimum atomic E-state index is -0.334. The number of benzene rings is 1. The molecule has 4 rings (SSSR count). The Hall–Kier alpha value is -2.77. The molecule has 2 saturated heterocycles. The van der Waals surface area contributed by atoms with Gasteiger partial charge in [0, 0.05) is 50.1 Å². The third kappa shape index (κ3) is 4.46. The van der Waals surface area contributed by atoms with Gasteiger partial charge in [0.1, 0.15) is 0 Å². The number of hydrogen-bond donors (Lipinski definition) is 0. The van der Waals surface area contributed by atoms with E-state index in [1.807, 2.05) is 23.1 Å². The van der Waals surface area contributed by atoms with Gasteiger partial charge in [-0.25, -0.2) is 4.79 Å². The number of nitrogens with zero attached hydrogens (tertiary/aromatic N) is 3. The zero-order chi connectivity index (χ0) is 20.2. The molecule has 29 heavy (non-hydrogen) atoms. The molecule has 2 aliphatic heterocycles. The van der Waals surface area contributed by atoms with Crippen LogP contribution < -0.4 is 0 Å². The molecule has 2 aliphatic rings. The van der Waals surface area contributed by atoms with E-state index < -0.39 is 0 Å². The first-order chi connectivity index (χ1) is 14.1. The third-order valence-corrected chi connectivity index (χ3v) is 5.53. The first-order valence-electron chi connectivity index (χ1n) is 9.82. The van der Waals surface area contributed by atoms with Gasteiger partial charge in [-0.2, -0.15) is 0 Å². The molecule has 3 heterocycles. The largest absolute Gasteiger partial charge is 0.465 e. The van der Waals surface area contributed by atoms with E-state index in [1.165, 1.54) is 7.11 Å². The van der Waals surface area contributed by atoms with Gasteiger partial charge in [-0.15, -0.1) is 0 Å². The number of carbonyl (C=O) groups is 2. The van der Waals surface area contributed by atoms with Gasteiger partial charge in [-0.1, -0.05) is 12.1 Å². The van der Waals surface area contributed by atoms with E-state index in [0.29, 0.717) is 44.0 Å². The minimum Gasteiger partial charge on any atom is -0.465 e. The first-order valence-corrected chi connectivity index (χ1v) is 9.82. The second-order valence-corrected chi connectivity index (χ2v) is 7.62. The molecule has 1 aromatic carbocycles. The Kier molecular flexibility index (Phi) is 5.87. The molecule has 2 aromatic rings. The fraction of sp³-hybridized carbons (Fsp3) is 0.409. The maximum absolute atomic E-state index is 13.0. The second-order valence-electron chi connectivity index (χ2n) is 7.62. The van der Waals surface area contributed by atoms with Crippen molar-refractivity contribution in [2.75, 3.05) is 40.0 Å². The van der Waals surface area contributed by atoms with Crippen molar-refractivity contribution in [2.24, 2.45) is 5.92 Å². The van der Waals surface area contributed by atoms with E-state index in [4.69, 9.17) is 9.47 Å². The summed E-state index contributed by atoms with van der Waals surface area (Å²) in [6, 6.07) is 11.2. The van der Waals surface area contributed by atoms with Gasteiger partial charge in [-0.3, -0.25) is 14.7 Å². The van der Waals surface area contributed by atoms with Crippen LogP contribution in [0.3, 0.4) is 0 Å². The van der Waals surface area contributed by atoms with Crippen LogP contribution in [0.5, 0.6) is 0 Å². The highest BCUT2D eigenvalue weighted by Gasteiger charge is 2.35. The quantitative estimate of drug-likeness (QED) is 0.736. The maximum Gasteiger partial charge on any atom is 0.337 e. The average Bonchev–Trinajstić information content (AvgIpc) is 3.03. The molecule has 2 fully saturated rings. The molecule has 7 heteroatoms. The van der Waals surface area contributed by atoms with Crippen LogP contribution in [0.15, 0.2) is 48.8 Å². The molecule has 1 amide bonds. The lowest BCUT2D eigenvalue weighted by molar-refractivity contribution is 0.0405. The number of methoxy groups -OCH3 is 1. The number of carbonyl (C=O) groups excluding carboxylic acids is 2. The zero-order valence-electron chi connectivity index (χ0n) is 16.5. The summed E-state index contributed by atoms with van der Waals surface area (Å²) in [5, 5.41) is 0. The highest BCUT2D eigenvalue weighted by Crippen LogP contribution is 2.23. The van der Waals surface area contributed by atoms with Crippen LogP contribution in [0.1, 0.15) is 26.3 Å². The molecule has 1 aromatic heterocycles. The van der Waals surface area contributed by atoms with E-state index in [1.54, 1.807) is 30.6 Å². The lowest BCUT2D eigenvalue weighted by Crippen LogP contribution is -2.45. The topological polar surface area (TPSA) is 72.0 Å². The smallest absolute Gasteiger partial charge is 0.337 e. The van der Waals surface area contributed by atoms with Crippen LogP contribution in [0.4, 0.5) is 0 Å². The molecule has 0 spiro atoms. The fourth-order valence-corrected chi connectivity index (χ4v) is 4.11. The highest BCUT2D eigenvalue weighted by molar-refractivity contribution is 5.94. The number of rotatable bonds is 4. The number of esters is 1. The van der Waals surface area contributed by atoms with Crippen molar-refractivity contribution in [1.29, 1.82) is 0 Å². The van der Waals surface area contributed by atoms with Crippen LogP contribution in [-0.2, 0) is 16.0 Å². The number of ether oxygens (including phenoxy) is 2. The van der Waals surface area contributed by atoms with Crippen molar-refractivity contribution >= 4 is 11.9 Å². The predicted molar refractivity (Wildman–Crippen MR) is 106 cm³/mol. The number of pyridine rings is 1. The fourth-order valence-electron chi connectivity index (χ4n) is 4.11. The SMILES string of the molecule is COC(=O)c1cccc(CN2C[C@H]3COC[C@@H]2CN(C(=O)c2ccncc2)C3)c1. The van der Waals surface area contributed by atoms with E-state index in [9.17, 15) is 9.59 Å². The summed E-state index contributed by atoms with van der Waals surface area (Å²) in [5.41, 5.74) is 2.26. The van der Waals surface area contributed by atoms with Gasteiger partial charge in [0.15, 0.2) is 0 Å². The summed E-state index contributed by atoms with van der Waals surface area (Å²) in [4.78, 5) is 33.1. The summed E-state index contributed by atoms with van der Waals surface area (Å²) in [5.74, 6) is -0.0465. The standard InChI is InChI=1S/C22H25N3O4/c1-28-22(27)19-4-2-3-16(9-19)10-24-11-17-12-25(13-20(24)15-29-14-17)21(26)18-5-7-23-8-6-18/h2-9,17,20H,10-15H2,1H3/t17-,20+/m1/s1. The van der Waals surface area contributed by atoms with Gasteiger partial charge in [0.2, 0.25) is 0 Å². The van der Waals surface area contributed by atoms with Crippen LogP contribution >= 0.6 is 0 Å². The van der Waals surface area contributed by atoms with Crippen molar-refractivity contribution in [3.05, 3.63) is 65.5 Å². The van der Waals surface area contributed by atoms with E-state index in [0.717, 1.165) is 12.1 Å². The van der Waals surface area contributed by atoms with Gasteiger partial charge in [-0.05, 0) is 29.8 Å². The molecule has 0 saturated carbocycles. The average molecular weight is 395 g/mol. The van der Waals surface area contributed by atoms with Crippen molar-refractivity contribution in [2.45, 2.75) is 12.6 Å². The Morgan fingerprint density at radius 3 is 2.72 bits per heavy atom. The second kappa shape index (κ2) is 8.71. The minimum absolute atomic E-state index is 0.0406. The Morgan fingerprint density at radius 2 is 1.93 bits per heavy atom. The van der Waals surface area contributed by atoms with E-state index in [-0.39, 0.29) is 23.8 Å². The summed E-state index contributed by atoms with van der Waals surface area (Å²) in [7, 11) is 1.39. The predicted octanol–water partition coefficient (Wildman–Crippen LogP) is 1.84. The van der Waals surface area contributed by atoms with Gasteiger partial charge in [0.05, 0.1) is 31.9 Å². The normalized spacial score (nSPS) is 22.0. The molecule has 2 atom stereocenters. The summed E-state index contributed by atoms with van der Waals surface area (Å²) >= 11 is 0. The van der Waals surface area contributed by atoms with Crippen molar-refractivity contribution in [1.82, 2.24) is 14.8 Å². The monoisotopic (exact) mass is 395 g/mol. The molecule has 152 valence electrons. The van der Waals surface area contributed by atoms with Crippen LogP contribution in [-0.4, -0.2) is 72.7 Å². The summed E-state index contributed by atoms with van der Waals surface area (Å²) in [6.45, 7) is 4.09. The highest BCUT2D eigenvalue weighted by atomic mass is 16.5. The first kappa shape index (κ1) is 19.5. The van der Waals surface area contributed by atoms with Gasteiger partial charge >= 0.3 is 5.97 Å². The van der Waals surface area contributed by atoms with E-state index in [2.05, 4.69) is 9.88 Å². The number of hydrogen-bond acceptors (Lipinski definition) is 6. The lowest BCUT2D eigenvalue weighted by atomic mass is 10.1. The van der Waals surface area contributed by atoms with Crippen molar-refractivity contribution < 1.29 is 19.1 Å². The Morgan fingerprint density at radius 1 is 1.10 bits per heavy atom.